The summed E-state index contributed by atoms with van der Waals surface area (Å²) in [4.78, 5) is 12.2. The average Bonchev–Trinajstić information content (AvgIpc) is 3.03. The third-order valence-electron chi connectivity index (χ3n) is 4.93. The Balaban J connectivity index is 1.79. The van der Waals surface area contributed by atoms with Crippen molar-refractivity contribution in [2.45, 2.75) is 79.1 Å². The molecule has 24 heavy (non-hydrogen) atoms. The summed E-state index contributed by atoms with van der Waals surface area (Å²) >= 11 is 0. The summed E-state index contributed by atoms with van der Waals surface area (Å²) < 4.78 is 11.2. The molecule has 0 bridgehead atoms. The molecular weight excluding hydrogens is 300 g/mol. The minimum atomic E-state index is 0.351. The summed E-state index contributed by atoms with van der Waals surface area (Å²) in [7, 11) is 0. The first-order valence-electron chi connectivity index (χ1n) is 8.93. The van der Waals surface area contributed by atoms with Crippen LogP contribution >= 0.6 is 0 Å². The topological polar surface area (TPSA) is 43.4 Å². The van der Waals surface area contributed by atoms with Crippen LogP contribution in [0.3, 0.4) is 0 Å². The first-order valence-corrected chi connectivity index (χ1v) is 8.93. The quantitative estimate of drug-likeness (QED) is 0.583. The first-order chi connectivity index (χ1) is 11.3. The zero-order valence-electron chi connectivity index (χ0n) is 15.9. The maximum Gasteiger partial charge on any atom is 0.132 e. The second-order valence-corrected chi connectivity index (χ2v) is 7.16. The molecule has 0 amide bonds. The zero-order chi connectivity index (χ0) is 17.9. The van der Waals surface area contributed by atoms with Crippen LogP contribution in [0.1, 0.15) is 85.5 Å². The first kappa shape index (κ1) is 18.6. The van der Waals surface area contributed by atoms with Gasteiger partial charge in [0.05, 0.1) is 0 Å². The van der Waals surface area contributed by atoms with Crippen molar-refractivity contribution in [3.63, 3.8) is 0 Å². The molecule has 0 aliphatic carbocycles. The van der Waals surface area contributed by atoms with E-state index in [1.54, 1.807) is 0 Å². The molecule has 0 aromatic carbocycles. The lowest BCUT2D eigenvalue weighted by Crippen LogP contribution is -2.04. The Morgan fingerprint density at radius 2 is 1.21 bits per heavy atom. The van der Waals surface area contributed by atoms with Crippen LogP contribution in [0.25, 0.3) is 0 Å². The summed E-state index contributed by atoms with van der Waals surface area (Å²) in [6.45, 7) is 12.3. The van der Waals surface area contributed by atoms with Crippen LogP contribution in [0, 0.1) is 27.7 Å². The second-order valence-electron chi connectivity index (χ2n) is 7.16. The van der Waals surface area contributed by atoms with E-state index in [0.717, 1.165) is 35.9 Å². The SMILES string of the molecule is Cc1cc(C(C)CCC(=O)CCC(C)c2cc(C)oc2C)c(C)o1. The Morgan fingerprint density at radius 3 is 1.50 bits per heavy atom. The van der Waals surface area contributed by atoms with Gasteiger partial charge >= 0.3 is 0 Å². The lowest BCUT2D eigenvalue weighted by Gasteiger charge is -2.12. The van der Waals surface area contributed by atoms with Crippen molar-refractivity contribution in [1.82, 2.24) is 0 Å². The minimum absolute atomic E-state index is 0.351. The molecule has 3 nitrogen and oxygen atoms in total. The summed E-state index contributed by atoms with van der Waals surface area (Å²) in [5.41, 5.74) is 2.47. The van der Waals surface area contributed by atoms with Crippen LogP contribution in [0.2, 0.25) is 0 Å². The molecule has 0 saturated carbocycles. The Bertz CT molecular complexity index is 632. The maximum absolute atomic E-state index is 12.2. The lowest BCUT2D eigenvalue weighted by atomic mass is 9.92. The Kier molecular flexibility index (Phi) is 6.09. The van der Waals surface area contributed by atoms with E-state index in [1.165, 1.54) is 11.1 Å². The molecule has 0 spiro atoms. The highest BCUT2D eigenvalue weighted by molar-refractivity contribution is 5.78. The lowest BCUT2D eigenvalue weighted by molar-refractivity contribution is -0.119. The van der Waals surface area contributed by atoms with Crippen molar-refractivity contribution in [1.29, 1.82) is 0 Å². The van der Waals surface area contributed by atoms with Gasteiger partial charge in [-0.05, 0) is 75.6 Å². The molecule has 2 aromatic rings. The van der Waals surface area contributed by atoms with Gasteiger partial charge in [-0.3, -0.25) is 4.79 Å². The fourth-order valence-corrected chi connectivity index (χ4v) is 3.47. The van der Waals surface area contributed by atoms with E-state index >= 15 is 0 Å². The fraction of sp³-hybridized carbons (Fsp3) is 0.571. The average molecular weight is 330 g/mol. The molecule has 0 fully saturated rings. The number of hydrogen-bond donors (Lipinski definition) is 0. The number of furan rings is 2. The van der Waals surface area contributed by atoms with Gasteiger partial charge in [0, 0.05) is 12.8 Å². The minimum Gasteiger partial charge on any atom is -0.466 e. The molecule has 0 radical (unpaired) electrons. The number of rotatable bonds is 8. The summed E-state index contributed by atoms with van der Waals surface area (Å²) in [6, 6.07) is 4.19. The van der Waals surface area contributed by atoms with Gasteiger partial charge in [-0.15, -0.1) is 0 Å². The number of ketones is 1. The van der Waals surface area contributed by atoms with E-state index in [1.807, 2.05) is 27.7 Å². The van der Waals surface area contributed by atoms with E-state index < -0.39 is 0 Å². The van der Waals surface area contributed by atoms with Gasteiger partial charge in [0.15, 0.2) is 0 Å². The molecule has 0 aliphatic heterocycles. The van der Waals surface area contributed by atoms with Crippen LogP contribution in [0.5, 0.6) is 0 Å². The molecule has 2 aromatic heterocycles. The van der Waals surface area contributed by atoms with Crippen molar-refractivity contribution in [2.24, 2.45) is 0 Å². The van der Waals surface area contributed by atoms with Gasteiger partial charge < -0.3 is 8.83 Å². The van der Waals surface area contributed by atoms with Crippen LogP contribution in [-0.4, -0.2) is 5.78 Å². The third kappa shape index (κ3) is 4.62. The van der Waals surface area contributed by atoms with E-state index in [-0.39, 0.29) is 0 Å². The molecule has 2 heterocycles. The molecule has 0 aliphatic rings. The Morgan fingerprint density at radius 1 is 0.833 bits per heavy atom. The molecule has 2 rings (SSSR count). The summed E-state index contributed by atoms with van der Waals surface area (Å²) in [5.74, 6) is 4.92. The summed E-state index contributed by atoms with van der Waals surface area (Å²) in [5, 5.41) is 0. The highest BCUT2D eigenvalue weighted by Crippen LogP contribution is 2.29. The van der Waals surface area contributed by atoms with Gasteiger partial charge in [-0.2, -0.15) is 0 Å². The van der Waals surface area contributed by atoms with Crippen LogP contribution in [-0.2, 0) is 4.79 Å². The van der Waals surface area contributed by atoms with Crippen molar-refractivity contribution in [2.75, 3.05) is 0 Å². The van der Waals surface area contributed by atoms with Gasteiger partial charge in [0.1, 0.15) is 28.8 Å². The van der Waals surface area contributed by atoms with Crippen molar-refractivity contribution in [3.05, 3.63) is 46.3 Å². The van der Waals surface area contributed by atoms with Gasteiger partial charge in [0.25, 0.3) is 0 Å². The highest BCUT2D eigenvalue weighted by atomic mass is 16.3. The third-order valence-corrected chi connectivity index (χ3v) is 4.93. The monoisotopic (exact) mass is 330 g/mol. The van der Waals surface area contributed by atoms with Crippen LogP contribution < -0.4 is 0 Å². The number of hydrogen-bond acceptors (Lipinski definition) is 3. The number of Topliss-reactive ketones (excluding diaryl/α,β-unsaturated/α-hetero) is 1. The van der Waals surface area contributed by atoms with E-state index in [0.29, 0.717) is 30.5 Å². The highest BCUT2D eigenvalue weighted by Gasteiger charge is 2.17. The summed E-state index contributed by atoms with van der Waals surface area (Å²) in [6.07, 6.45) is 3.05. The number of aryl methyl sites for hydroxylation is 4. The molecule has 3 heteroatoms. The normalized spacial score (nSPS) is 13.9. The van der Waals surface area contributed by atoms with Gasteiger partial charge in [-0.1, -0.05) is 13.8 Å². The molecule has 0 N–H and O–H groups in total. The van der Waals surface area contributed by atoms with Crippen molar-refractivity contribution in [3.8, 4) is 0 Å². The van der Waals surface area contributed by atoms with Crippen LogP contribution in [0.15, 0.2) is 21.0 Å². The standard InChI is InChI=1S/C21H30O3/c1-13(20-11-15(3)23-17(20)5)7-9-19(22)10-8-14(2)21-12-16(4)24-18(21)6/h11-14H,7-10H2,1-6H3. The predicted octanol–water partition coefficient (Wildman–Crippen LogP) is 6.14. The Hall–Kier alpha value is -1.77. The molecule has 0 saturated heterocycles. The number of carbonyl (C=O) groups is 1. The fourth-order valence-electron chi connectivity index (χ4n) is 3.47. The molecule has 132 valence electrons. The molecule has 2 unspecified atom stereocenters. The van der Waals surface area contributed by atoms with Gasteiger partial charge in [0.2, 0.25) is 0 Å². The number of carbonyl (C=O) groups excluding carboxylic acids is 1. The smallest absolute Gasteiger partial charge is 0.132 e. The largest absolute Gasteiger partial charge is 0.466 e. The molecular formula is C21H30O3. The van der Waals surface area contributed by atoms with Crippen molar-refractivity contribution >= 4 is 5.78 Å². The van der Waals surface area contributed by atoms with Crippen LogP contribution in [0.4, 0.5) is 0 Å². The predicted molar refractivity (Wildman–Crippen MR) is 96.7 cm³/mol. The van der Waals surface area contributed by atoms with E-state index in [2.05, 4.69) is 26.0 Å². The Labute approximate surface area is 145 Å². The van der Waals surface area contributed by atoms with Gasteiger partial charge in [-0.25, -0.2) is 0 Å². The zero-order valence-corrected chi connectivity index (χ0v) is 15.9. The second kappa shape index (κ2) is 7.87. The van der Waals surface area contributed by atoms with E-state index in [9.17, 15) is 4.79 Å². The maximum atomic E-state index is 12.2. The molecule has 2 atom stereocenters. The van der Waals surface area contributed by atoms with Crippen molar-refractivity contribution < 1.29 is 13.6 Å². The van der Waals surface area contributed by atoms with E-state index in [4.69, 9.17) is 8.83 Å².